The first-order valence-corrected chi connectivity index (χ1v) is 6.23. The van der Waals surface area contributed by atoms with Gasteiger partial charge in [-0.05, 0) is 24.0 Å². The number of nitrogens with zero attached hydrogens (tertiary/aromatic N) is 2. The molecule has 0 aliphatic heterocycles. The molecule has 1 aromatic heterocycles. The molecule has 0 aliphatic carbocycles. The Labute approximate surface area is 104 Å². The molecule has 1 heterocycles. The van der Waals surface area contributed by atoms with Crippen molar-refractivity contribution in [1.82, 2.24) is 4.98 Å². The van der Waals surface area contributed by atoms with Gasteiger partial charge < -0.3 is 4.90 Å². The zero-order valence-corrected chi connectivity index (χ0v) is 11.3. The molecular weight excluding hydrogens is 220 g/mol. The lowest BCUT2D eigenvalue weighted by molar-refractivity contribution is 0.552. The minimum absolute atomic E-state index is 0.565. The summed E-state index contributed by atoms with van der Waals surface area (Å²) in [5.74, 6) is 1.29. The number of rotatable bonds is 5. The molecule has 0 bridgehead atoms. The maximum absolute atomic E-state index is 5.92. The van der Waals surface area contributed by atoms with E-state index in [1.807, 2.05) is 12.1 Å². The molecule has 0 N–H and O–H groups in total. The average Bonchev–Trinajstić information content (AvgIpc) is 2.15. The van der Waals surface area contributed by atoms with E-state index in [4.69, 9.17) is 11.6 Å². The molecule has 0 amide bonds. The van der Waals surface area contributed by atoms with E-state index >= 15 is 0 Å². The summed E-state index contributed by atoms with van der Waals surface area (Å²) < 4.78 is 0. The first-order chi connectivity index (χ1) is 7.49. The molecule has 1 aromatic rings. The summed E-state index contributed by atoms with van der Waals surface area (Å²) in [6.45, 7) is 11.0. The van der Waals surface area contributed by atoms with E-state index < -0.39 is 0 Å². The minimum Gasteiger partial charge on any atom is -0.371 e. The molecule has 3 heteroatoms. The largest absolute Gasteiger partial charge is 0.371 e. The molecule has 0 spiro atoms. The van der Waals surface area contributed by atoms with E-state index in [2.05, 4.69) is 37.6 Å². The van der Waals surface area contributed by atoms with Gasteiger partial charge in [0.2, 0.25) is 0 Å². The highest BCUT2D eigenvalue weighted by Gasteiger charge is 2.10. The van der Waals surface area contributed by atoms with Crippen molar-refractivity contribution in [3.63, 3.8) is 0 Å². The van der Waals surface area contributed by atoms with Crippen molar-refractivity contribution in [2.24, 2.45) is 11.8 Å². The van der Waals surface area contributed by atoms with Crippen molar-refractivity contribution in [1.29, 1.82) is 0 Å². The van der Waals surface area contributed by atoms with Gasteiger partial charge in [0.1, 0.15) is 5.15 Å². The smallest absolute Gasteiger partial charge is 0.131 e. The van der Waals surface area contributed by atoms with Crippen LogP contribution in [0.1, 0.15) is 27.7 Å². The van der Waals surface area contributed by atoms with Gasteiger partial charge in [-0.25, -0.2) is 4.98 Å². The molecule has 0 radical (unpaired) electrons. The lowest BCUT2D eigenvalue weighted by Gasteiger charge is -2.28. The van der Waals surface area contributed by atoms with Gasteiger partial charge in [0, 0.05) is 25.0 Å². The summed E-state index contributed by atoms with van der Waals surface area (Å²) in [7, 11) is 0. The van der Waals surface area contributed by atoms with Crippen LogP contribution in [-0.4, -0.2) is 18.1 Å². The molecule has 2 nitrogen and oxygen atoms in total. The number of hydrogen-bond acceptors (Lipinski definition) is 2. The van der Waals surface area contributed by atoms with Gasteiger partial charge in [-0.1, -0.05) is 39.3 Å². The van der Waals surface area contributed by atoms with Gasteiger partial charge in [-0.15, -0.1) is 0 Å². The highest BCUT2D eigenvalue weighted by atomic mass is 35.5. The van der Waals surface area contributed by atoms with Gasteiger partial charge in [0.05, 0.1) is 0 Å². The van der Waals surface area contributed by atoms with E-state index in [0.29, 0.717) is 17.0 Å². The molecule has 0 aliphatic rings. The fourth-order valence-electron chi connectivity index (χ4n) is 1.76. The second-order valence-electron chi connectivity index (χ2n) is 5.03. The minimum atomic E-state index is 0.565. The number of anilines is 1. The predicted octanol–water partition coefficient (Wildman–Crippen LogP) is 3.85. The van der Waals surface area contributed by atoms with Crippen LogP contribution in [0.5, 0.6) is 0 Å². The standard InChI is InChI=1S/C13H21ClN2/c1-10(2)8-16(9-11(3)4)12-5-6-15-13(14)7-12/h5-7,10-11H,8-9H2,1-4H3. The van der Waals surface area contributed by atoms with Crippen LogP contribution in [0.4, 0.5) is 5.69 Å². The number of hydrogen-bond donors (Lipinski definition) is 0. The Kier molecular flexibility index (Phi) is 5.07. The molecule has 90 valence electrons. The molecule has 1 rings (SSSR count). The lowest BCUT2D eigenvalue weighted by Crippen LogP contribution is -2.31. The molecule has 0 unspecified atom stereocenters. The van der Waals surface area contributed by atoms with Crippen molar-refractivity contribution in [3.05, 3.63) is 23.5 Å². The van der Waals surface area contributed by atoms with E-state index in [1.165, 1.54) is 5.69 Å². The number of halogens is 1. The maximum atomic E-state index is 5.92. The van der Waals surface area contributed by atoms with Crippen LogP contribution in [-0.2, 0) is 0 Å². The Morgan fingerprint density at radius 1 is 1.19 bits per heavy atom. The third kappa shape index (κ3) is 4.40. The second-order valence-corrected chi connectivity index (χ2v) is 5.42. The molecule has 0 saturated carbocycles. The van der Waals surface area contributed by atoms with Crippen LogP contribution in [0, 0.1) is 11.8 Å². The lowest BCUT2D eigenvalue weighted by atomic mass is 10.1. The van der Waals surface area contributed by atoms with Crippen LogP contribution in [0.15, 0.2) is 18.3 Å². The van der Waals surface area contributed by atoms with E-state index in [0.717, 1.165) is 13.1 Å². The Hall–Kier alpha value is -0.760. The van der Waals surface area contributed by atoms with Crippen LogP contribution < -0.4 is 4.90 Å². The van der Waals surface area contributed by atoms with Crippen molar-refractivity contribution < 1.29 is 0 Å². The second kappa shape index (κ2) is 6.09. The summed E-state index contributed by atoms with van der Waals surface area (Å²) in [4.78, 5) is 6.40. The molecule has 0 atom stereocenters. The van der Waals surface area contributed by atoms with Gasteiger partial charge in [0.25, 0.3) is 0 Å². The zero-order valence-electron chi connectivity index (χ0n) is 10.6. The molecular formula is C13H21ClN2. The zero-order chi connectivity index (χ0) is 12.1. The van der Waals surface area contributed by atoms with Crippen LogP contribution >= 0.6 is 11.6 Å². The molecule has 0 aromatic carbocycles. The number of pyridine rings is 1. The highest BCUT2D eigenvalue weighted by Crippen LogP contribution is 2.19. The average molecular weight is 241 g/mol. The third-order valence-electron chi connectivity index (χ3n) is 2.25. The summed E-state index contributed by atoms with van der Waals surface area (Å²) >= 11 is 5.92. The van der Waals surface area contributed by atoms with E-state index in [9.17, 15) is 0 Å². The van der Waals surface area contributed by atoms with Crippen molar-refractivity contribution in [2.45, 2.75) is 27.7 Å². The van der Waals surface area contributed by atoms with Gasteiger partial charge in [-0.2, -0.15) is 0 Å². The first-order valence-electron chi connectivity index (χ1n) is 5.85. The first kappa shape index (κ1) is 13.3. The topological polar surface area (TPSA) is 16.1 Å². The van der Waals surface area contributed by atoms with Gasteiger partial charge >= 0.3 is 0 Å². The molecule has 0 fully saturated rings. The Morgan fingerprint density at radius 2 is 1.75 bits per heavy atom. The van der Waals surface area contributed by atoms with Crippen LogP contribution in [0.3, 0.4) is 0 Å². The van der Waals surface area contributed by atoms with Gasteiger partial charge in [-0.3, -0.25) is 0 Å². The summed E-state index contributed by atoms with van der Waals surface area (Å²) in [5, 5.41) is 0.565. The Balaban J connectivity index is 2.82. The fraction of sp³-hybridized carbons (Fsp3) is 0.615. The highest BCUT2D eigenvalue weighted by molar-refractivity contribution is 6.29. The molecule has 0 saturated heterocycles. The van der Waals surface area contributed by atoms with E-state index in [1.54, 1.807) is 6.20 Å². The summed E-state index contributed by atoms with van der Waals surface area (Å²) in [6, 6.07) is 3.96. The van der Waals surface area contributed by atoms with Crippen molar-refractivity contribution in [3.8, 4) is 0 Å². The Morgan fingerprint density at radius 3 is 2.19 bits per heavy atom. The number of aromatic nitrogens is 1. The predicted molar refractivity (Wildman–Crippen MR) is 71.1 cm³/mol. The Bertz CT molecular complexity index is 313. The quantitative estimate of drug-likeness (QED) is 0.727. The van der Waals surface area contributed by atoms with Crippen molar-refractivity contribution in [2.75, 3.05) is 18.0 Å². The molecule has 16 heavy (non-hydrogen) atoms. The van der Waals surface area contributed by atoms with Crippen LogP contribution in [0.2, 0.25) is 5.15 Å². The van der Waals surface area contributed by atoms with Gasteiger partial charge in [0.15, 0.2) is 0 Å². The van der Waals surface area contributed by atoms with Crippen LogP contribution in [0.25, 0.3) is 0 Å². The summed E-state index contributed by atoms with van der Waals surface area (Å²) in [5.41, 5.74) is 1.17. The van der Waals surface area contributed by atoms with E-state index in [-0.39, 0.29) is 0 Å². The maximum Gasteiger partial charge on any atom is 0.131 e. The fourth-order valence-corrected chi connectivity index (χ4v) is 1.92. The summed E-state index contributed by atoms with van der Waals surface area (Å²) in [6.07, 6.45) is 1.77. The van der Waals surface area contributed by atoms with Crippen molar-refractivity contribution >= 4 is 17.3 Å². The monoisotopic (exact) mass is 240 g/mol. The third-order valence-corrected chi connectivity index (χ3v) is 2.45. The SMILES string of the molecule is CC(C)CN(CC(C)C)c1ccnc(Cl)c1. The normalized spacial score (nSPS) is 11.2.